The molecule has 7 heteroatoms. The third kappa shape index (κ3) is 4.84. The fraction of sp³-hybridized carbons (Fsp3) is 0.536. The molecule has 0 bridgehead atoms. The first kappa shape index (κ1) is 25.3. The van der Waals surface area contributed by atoms with E-state index in [1.54, 1.807) is 0 Å². The van der Waals surface area contributed by atoms with Gasteiger partial charge < -0.3 is 31.3 Å². The highest BCUT2D eigenvalue weighted by Crippen LogP contribution is 2.60. The van der Waals surface area contributed by atoms with E-state index in [0.717, 1.165) is 25.2 Å². The van der Waals surface area contributed by atoms with Crippen molar-refractivity contribution in [2.24, 2.45) is 23.0 Å². The molecule has 0 amide bonds. The summed E-state index contributed by atoms with van der Waals surface area (Å²) >= 11 is 0. The van der Waals surface area contributed by atoms with E-state index >= 15 is 0 Å². The maximum Gasteiger partial charge on any atom is 0.323 e. The SMILES string of the molecule is C[C@](N)(Cc1ccc(O)c(O)c1)C(=O)O.C[C@]12CC[C@@H]3c4ccc(O)cc4CC[C@H]3[C@@H]1CC[C@@H]2O. The van der Waals surface area contributed by atoms with Crippen LogP contribution >= 0.6 is 0 Å². The molecule has 0 aliphatic heterocycles. The summed E-state index contributed by atoms with van der Waals surface area (Å²) in [4.78, 5) is 10.7. The largest absolute Gasteiger partial charge is 0.508 e. The Morgan fingerprint density at radius 2 is 1.80 bits per heavy atom. The number of aliphatic hydroxyl groups is 1. The molecular formula is C28H37NO6. The molecule has 0 aromatic heterocycles. The van der Waals surface area contributed by atoms with E-state index in [0.29, 0.717) is 23.1 Å². The zero-order chi connectivity index (χ0) is 25.5. The van der Waals surface area contributed by atoms with Crippen LogP contribution in [0.5, 0.6) is 17.2 Å². The monoisotopic (exact) mass is 483 g/mol. The molecule has 2 aromatic carbocycles. The zero-order valence-electron chi connectivity index (χ0n) is 20.4. The minimum atomic E-state index is -1.39. The van der Waals surface area contributed by atoms with Crippen LogP contribution in [0.1, 0.15) is 68.6 Å². The Labute approximate surface area is 206 Å². The van der Waals surface area contributed by atoms with Gasteiger partial charge in [0, 0.05) is 6.42 Å². The van der Waals surface area contributed by atoms with Gasteiger partial charge in [0.05, 0.1) is 6.10 Å². The van der Waals surface area contributed by atoms with E-state index in [4.69, 9.17) is 15.9 Å². The summed E-state index contributed by atoms with van der Waals surface area (Å²) in [6.07, 6.45) is 6.86. The van der Waals surface area contributed by atoms with E-state index < -0.39 is 11.5 Å². The van der Waals surface area contributed by atoms with Crippen molar-refractivity contribution in [2.75, 3.05) is 0 Å². The highest BCUT2D eigenvalue weighted by molar-refractivity contribution is 5.78. The van der Waals surface area contributed by atoms with Crippen LogP contribution in [0.25, 0.3) is 0 Å². The fourth-order valence-electron chi connectivity index (χ4n) is 6.72. The number of fused-ring (bicyclic) bond motifs is 5. The topological polar surface area (TPSA) is 144 Å². The number of rotatable bonds is 3. The summed E-state index contributed by atoms with van der Waals surface area (Å²) in [6, 6.07) is 10.1. The number of aryl methyl sites for hydroxylation is 1. The number of aliphatic carboxylic acids is 1. The molecular weight excluding hydrogens is 446 g/mol. The van der Waals surface area contributed by atoms with Gasteiger partial charge in [0.2, 0.25) is 0 Å². The maximum absolute atomic E-state index is 10.7. The first-order chi connectivity index (χ1) is 16.4. The van der Waals surface area contributed by atoms with Gasteiger partial charge in [-0.05, 0) is 110 Å². The quantitative estimate of drug-likeness (QED) is 0.361. The predicted octanol–water partition coefficient (Wildman–Crippen LogP) is 4.05. The summed E-state index contributed by atoms with van der Waals surface area (Å²) in [5.41, 5.74) is 7.70. The lowest BCUT2D eigenvalue weighted by Crippen LogP contribution is -2.46. The van der Waals surface area contributed by atoms with Crippen molar-refractivity contribution in [3.8, 4) is 17.2 Å². The smallest absolute Gasteiger partial charge is 0.323 e. The second-order valence-corrected chi connectivity index (χ2v) is 11.2. The van der Waals surface area contributed by atoms with Crippen molar-refractivity contribution in [3.63, 3.8) is 0 Å². The van der Waals surface area contributed by atoms with Crippen LogP contribution in [0.3, 0.4) is 0 Å². The summed E-state index contributed by atoms with van der Waals surface area (Å²) in [7, 11) is 0. The third-order valence-electron chi connectivity index (χ3n) is 8.76. The molecule has 2 fully saturated rings. The second-order valence-electron chi connectivity index (χ2n) is 11.2. The van der Waals surface area contributed by atoms with E-state index in [1.807, 2.05) is 12.1 Å². The molecule has 0 heterocycles. The number of carboxylic acids is 1. The van der Waals surface area contributed by atoms with Crippen LogP contribution in [0.2, 0.25) is 0 Å². The summed E-state index contributed by atoms with van der Waals surface area (Å²) in [5, 5.41) is 47.1. The summed E-state index contributed by atoms with van der Waals surface area (Å²) in [6.45, 7) is 3.71. The molecule has 2 saturated carbocycles. The molecule has 190 valence electrons. The van der Waals surface area contributed by atoms with E-state index in [-0.39, 0.29) is 29.4 Å². The van der Waals surface area contributed by atoms with Crippen LogP contribution in [-0.2, 0) is 17.6 Å². The number of hydrogen-bond donors (Lipinski definition) is 6. The number of carboxylic acid groups (broad SMARTS) is 1. The van der Waals surface area contributed by atoms with Crippen molar-refractivity contribution in [1.29, 1.82) is 0 Å². The van der Waals surface area contributed by atoms with Crippen molar-refractivity contribution in [2.45, 2.75) is 76.4 Å². The van der Waals surface area contributed by atoms with E-state index in [1.165, 1.54) is 55.5 Å². The van der Waals surface area contributed by atoms with Gasteiger partial charge in [0.15, 0.2) is 11.5 Å². The molecule has 35 heavy (non-hydrogen) atoms. The van der Waals surface area contributed by atoms with E-state index in [2.05, 4.69) is 13.0 Å². The zero-order valence-corrected chi connectivity index (χ0v) is 20.4. The summed E-state index contributed by atoms with van der Waals surface area (Å²) < 4.78 is 0. The van der Waals surface area contributed by atoms with Crippen LogP contribution < -0.4 is 5.73 Å². The Morgan fingerprint density at radius 1 is 1.06 bits per heavy atom. The van der Waals surface area contributed by atoms with Gasteiger partial charge >= 0.3 is 5.97 Å². The van der Waals surface area contributed by atoms with Gasteiger partial charge in [-0.1, -0.05) is 19.1 Å². The number of nitrogens with two attached hydrogens (primary N) is 1. The molecule has 0 unspecified atom stereocenters. The van der Waals surface area contributed by atoms with Crippen LogP contribution in [0.4, 0.5) is 0 Å². The number of aliphatic hydroxyl groups excluding tert-OH is 1. The lowest BCUT2D eigenvalue weighted by atomic mass is 9.55. The predicted molar refractivity (Wildman–Crippen MR) is 132 cm³/mol. The summed E-state index contributed by atoms with van der Waals surface area (Å²) in [5.74, 6) is 0.847. The first-order valence-corrected chi connectivity index (χ1v) is 12.5. The van der Waals surface area contributed by atoms with E-state index in [9.17, 15) is 20.1 Å². The van der Waals surface area contributed by atoms with Gasteiger partial charge in [-0.25, -0.2) is 0 Å². The Bertz CT molecular complexity index is 1100. The van der Waals surface area contributed by atoms with Gasteiger partial charge in [0.25, 0.3) is 0 Å². The molecule has 7 N–H and O–H groups in total. The second kappa shape index (κ2) is 9.36. The number of hydrogen-bond acceptors (Lipinski definition) is 6. The van der Waals surface area contributed by atoms with Crippen LogP contribution in [0.15, 0.2) is 36.4 Å². The normalized spacial score (nSPS) is 30.6. The fourth-order valence-corrected chi connectivity index (χ4v) is 6.72. The highest BCUT2D eigenvalue weighted by atomic mass is 16.4. The molecule has 3 aliphatic carbocycles. The Balaban J connectivity index is 0.000000174. The number of aromatic hydroxyl groups is 3. The molecule has 0 saturated heterocycles. The van der Waals surface area contributed by atoms with Crippen molar-refractivity contribution >= 4 is 5.97 Å². The minimum absolute atomic E-state index is 0.0795. The Hall–Kier alpha value is -2.77. The third-order valence-corrected chi connectivity index (χ3v) is 8.76. The molecule has 3 aliphatic rings. The standard InChI is InChI=1S/C18H24O2.C10H13NO4/c1-18-9-8-14-13-5-3-12(19)10-11(13)2-4-15(14)16(18)6-7-17(18)20;1-10(11,9(14)15)5-6-2-3-7(12)8(13)4-6/h3,5,10,14-17,19-20H,2,4,6-9H2,1H3;2-4,12-13H,5,11H2,1H3,(H,14,15)/t14-,15-,16+,17+,18+;10-/m10/s1. The van der Waals surface area contributed by atoms with Crippen molar-refractivity contribution in [3.05, 3.63) is 53.1 Å². The van der Waals surface area contributed by atoms with Gasteiger partial charge in [-0.15, -0.1) is 0 Å². The van der Waals surface area contributed by atoms with Crippen LogP contribution in [-0.4, -0.2) is 43.1 Å². The molecule has 7 nitrogen and oxygen atoms in total. The number of phenolic OH excluding ortho intramolecular Hbond substituents is 3. The van der Waals surface area contributed by atoms with Crippen molar-refractivity contribution < 1.29 is 30.3 Å². The number of carbonyl (C=O) groups is 1. The van der Waals surface area contributed by atoms with Crippen LogP contribution in [0, 0.1) is 17.3 Å². The lowest BCUT2D eigenvalue weighted by Gasteiger charge is -2.50. The Kier molecular flexibility index (Phi) is 6.77. The first-order valence-electron chi connectivity index (χ1n) is 12.5. The Morgan fingerprint density at radius 3 is 2.49 bits per heavy atom. The molecule has 6 atom stereocenters. The lowest BCUT2D eigenvalue weighted by molar-refractivity contribution is -0.142. The highest BCUT2D eigenvalue weighted by Gasteiger charge is 2.54. The van der Waals surface area contributed by atoms with Crippen molar-refractivity contribution in [1.82, 2.24) is 0 Å². The van der Waals surface area contributed by atoms with Gasteiger partial charge in [-0.2, -0.15) is 0 Å². The average Bonchev–Trinajstić information content (AvgIpc) is 3.10. The number of benzene rings is 2. The molecule has 5 rings (SSSR count). The maximum atomic E-state index is 10.7. The number of phenols is 3. The minimum Gasteiger partial charge on any atom is -0.508 e. The average molecular weight is 484 g/mol. The molecule has 2 aromatic rings. The van der Waals surface area contributed by atoms with Gasteiger partial charge in [-0.3, -0.25) is 4.79 Å². The van der Waals surface area contributed by atoms with Gasteiger partial charge in [0.1, 0.15) is 11.3 Å². The molecule has 0 radical (unpaired) electrons. The molecule has 0 spiro atoms.